The summed E-state index contributed by atoms with van der Waals surface area (Å²) < 4.78 is 3.32. The molecule has 0 amide bonds. The van der Waals surface area contributed by atoms with Gasteiger partial charge in [0.25, 0.3) is 0 Å². The predicted octanol–water partition coefficient (Wildman–Crippen LogP) is 4.32. The molecule has 2 radical (unpaired) electrons. The van der Waals surface area contributed by atoms with Crippen molar-refractivity contribution >= 4 is 36.4 Å². The van der Waals surface area contributed by atoms with Crippen molar-refractivity contribution in [3.63, 3.8) is 0 Å². The molecule has 0 fully saturated rings. The van der Waals surface area contributed by atoms with Crippen LogP contribution in [-0.2, 0) is 0 Å². The van der Waals surface area contributed by atoms with Gasteiger partial charge in [-0.05, 0) is 35.9 Å². The molecule has 0 saturated heterocycles. The maximum absolute atomic E-state index is 3.49. The van der Waals surface area contributed by atoms with Crippen LogP contribution >= 0.6 is 15.9 Å². The second-order valence-electron chi connectivity index (χ2n) is 4.88. The van der Waals surface area contributed by atoms with Gasteiger partial charge in [0, 0.05) is 10.2 Å². The van der Waals surface area contributed by atoms with Crippen molar-refractivity contribution in [3.05, 3.63) is 77.3 Å². The topological polar surface area (TPSA) is 3.24 Å². The summed E-state index contributed by atoms with van der Waals surface area (Å²) in [4.78, 5) is 0. The van der Waals surface area contributed by atoms with Crippen molar-refractivity contribution in [3.8, 4) is 0 Å². The van der Waals surface area contributed by atoms with Gasteiger partial charge in [0.15, 0.2) is 0 Å². The highest BCUT2D eigenvalue weighted by Gasteiger charge is 2.19. The molecule has 0 heterocycles. The van der Waals surface area contributed by atoms with Gasteiger partial charge in [-0.3, -0.25) is 0 Å². The van der Waals surface area contributed by atoms with Crippen LogP contribution in [0, 0.1) is 0 Å². The SMILES string of the molecule is Brc1ccc(N([B]C2C=CC=C2)[B]C2C=CC=C2)cc1. The molecule has 2 aliphatic carbocycles. The van der Waals surface area contributed by atoms with E-state index in [0.717, 1.165) is 4.47 Å². The highest BCUT2D eigenvalue weighted by atomic mass is 79.9. The summed E-state index contributed by atoms with van der Waals surface area (Å²) in [5.41, 5.74) is 1.18. The molecule has 0 saturated carbocycles. The number of rotatable bonds is 5. The number of allylic oxidation sites excluding steroid dienone is 8. The zero-order chi connectivity index (χ0) is 13.8. The number of anilines is 1. The number of halogens is 1. The Labute approximate surface area is 130 Å². The third-order valence-electron chi connectivity index (χ3n) is 3.35. The normalized spacial score (nSPS) is 17.1. The molecule has 1 aromatic rings. The van der Waals surface area contributed by atoms with Crippen LogP contribution in [0.25, 0.3) is 0 Å². The monoisotopic (exact) mass is 321 g/mol. The Bertz CT molecular complexity index is 521. The third-order valence-corrected chi connectivity index (χ3v) is 3.87. The summed E-state index contributed by atoms with van der Waals surface area (Å²) in [7, 11) is 4.48. The van der Waals surface area contributed by atoms with E-state index in [2.05, 4.69) is 108 Å². The van der Waals surface area contributed by atoms with Gasteiger partial charge in [-0.2, -0.15) is 0 Å². The summed E-state index contributed by atoms with van der Waals surface area (Å²) >= 11 is 3.49. The van der Waals surface area contributed by atoms with Crippen LogP contribution in [-0.4, -0.2) is 14.8 Å². The van der Waals surface area contributed by atoms with Gasteiger partial charge in [-0.1, -0.05) is 64.5 Å². The largest absolute Gasteiger partial charge is 0.468 e. The molecular formula is C16H14B2BrN. The zero-order valence-corrected chi connectivity index (χ0v) is 12.6. The summed E-state index contributed by atoms with van der Waals surface area (Å²) in [5, 5.41) is 0. The molecular weight excluding hydrogens is 308 g/mol. The van der Waals surface area contributed by atoms with E-state index in [1.165, 1.54) is 5.69 Å². The molecule has 3 rings (SSSR count). The smallest absolute Gasteiger partial charge is 0.243 e. The minimum absolute atomic E-state index is 0.365. The fourth-order valence-corrected chi connectivity index (χ4v) is 2.57. The highest BCUT2D eigenvalue weighted by molar-refractivity contribution is 9.10. The number of benzene rings is 1. The van der Waals surface area contributed by atoms with Crippen LogP contribution in [0.2, 0.25) is 11.6 Å². The number of hydrogen-bond acceptors (Lipinski definition) is 1. The molecule has 4 heteroatoms. The van der Waals surface area contributed by atoms with E-state index in [1.807, 2.05) is 0 Å². The Morgan fingerprint density at radius 1 is 0.750 bits per heavy atom. The van der Waals surface area contributed by atoms with Gasteiger partial charge in [0.2, 0.25) is 14.8 Å². The lowest BCUT2D eigenvalue weighted by Crippen LogP contribution is -2.35. The standard InChI is InChI=1S/C16H14B2BrN/c19-15-9-11-16(12-10-15)20(17-13-5-1-2-6-13)18-14-7-3-4-8-14/h1-14H. The summed E-state index contributed by atoms with van der Waals surface area (Å²) in [6.07, 6.45) is 17.2. The van der Waals surface area contributed by atoms with Gasteiger partial charge in [-0.25, -0.2) is 0 Å². The molecule has 2 aliphatic rings. The van der Waals surface area contributed by atoms with Crippen LogP contribution in [0.4, 0.5) is 5.69 Å². The maximum Gasteiger partial charge on any atom is 0.243 e. The molecule has 20 heavy (non-hydrogen) atoms. The first kappa shape index (κ1) is 13.6. The van der Waals surface area contributed by atoms with E-state index in [0.29, 0.717) is 11.6 Å². The van der Waals surface area contributed by atoms with Crippen LogP contribution in [0.1, 0.15) is 0 Å². The lowest BCUT2D eigenvalue weighted by atomic mass is 9.62. The van der Waals surface area contributed by atoms with Crippen LogP contribution < -0.4 is 4.72 Å². The van der Waals surface area contributed by atoms with Gasteiger partial charge in [-0.15, -0.1) is 0 Å². The van der Waals surface area contributed by atoms with Crippen molar-refractivity contribution in [1.29, 1.82) is 0 Å². The molecule has 1 nitrogen and oxygen atoms in total. The van der Waals surface area contributed by atoms with E-state index >= 15 is 0 Å². The van der Waals surface area contributed by atoms with Crippen LogP contribution in [0.5, 0.6) is 0 Å². The predicted molar refractivity (Wildman–Crippen MR) is 92.2 cm³/mol. The van der Waals surface area contributed by atoms with Gasteiger partial charge in [0.1, 0.15) is 0 Å². The maximum atomic E-state index is 3.49. The second-order valence-corrected chi connectivity index (χ2v) is 5.79. The third kappa shape index (κ3) is 3.37. The molecule has 96 valence electrons. The lowest BCUT2D eigenvalue weighted by Gasteiger charge is -2.27. The quantitative estimate of drug-likeness (QED) is 0.730. The van der Waals surface area contributed by atoms with E-state index < -0.39 is 0 Å². The first-order valence-corrected chi connectivity index (χ1v) is 7.54. The molecule has 0 aliphatic heterocycles. The Balaban J connectivity index is 1.76. The van der Waals surface area contributed by atoms with E-state index in [1.54, 1.807) is 0 Å². The Hall–Kier alpha value is -1.41. The van der Waals surface area contributed by atoms with Crippen molar-refractivity contribution in [2.45, 2.75) is 11.6 Å². The van der Waals surface area contributed by atoms with Gasteiger partial charge >= 0.3 is 0 Å². The number of hydrogen-bond donors (Lipinski definition) is 0. The van der Waals surface area contributed by atoms with Crippen molar-refractivity contribution in [1.82, 2.24) is 0 Å². The van der Waals surface area contributed by atoms with Gasteiger partial charge in [0.05, 0.1) is 0 Å². The summed E-state index contributed by atoms with van der Waals surface area (Å²) in [5.74, 6) is 0.730. The first-order valence-electron chi connectivity index (χ1n) is 6.75. The Kier molecular flexibility index (Phi) is 4.31. The molecule has 0 spiro atoms. The Morgan fingerprint density at radius 3 is 1.65 bits per heavy atom. The zero-order valence-electron chi connectivity index (χ0n) is 11.1. The van der Waals surface area contributed by atoms with Crippen LogP contribution in [0.3, 0.4) is 0 Å². The average Bonchev–Trinajstić information content (AvgIpc) is 3.12. The van der Waals surface area contributed by atoms with Gasteiger partial charge < -0.3 is 4.72 Å². The Morgan fingerprint density at radius 2 is 1.20 bits per heavy atom. The second kappa shape index (κ2) is 6.36. The molecule has 0 atom stereocenters. The fourth-order valence-electron chi connectivity index (χ4n) is 2.30. The average molecular weight is 322 g/mol. The summed E-state index contributed by atoms with van der Waals surface area (Å²) in [6, 6.07) is 8.40. The van der Waals surface area contributed by atoms with E-state index in [9.17, 15) is 0 Å². The minimum Gasteiger partial charge on any atom is -0.468 e. The van der Waals surface area contributed by atoms with E-state index in [-0.39, 0.29) is 0 Å². The summed E-state index contributed by atoms with van der Waals surface area (Å²) in [6.45, 7) is 0. The highest BCUT2D eigenvalue weighted by Crippen LogP contribution is 2.25. The van der Waals surface area contributed by atoms with E-state index in [4.69, 9.17) is 0 Å². The number of nitrogens with zero attached hydrogens (tertiary/aromatic N) is 1. The van der Waals surface area contributed by atoms with Crippen molar-refractivity contribution in [2.24, 2.45) is 0 Å². The molecule has 0 N–H and O–H groups in total. The van der Waals surface area contributed by atoms with Crippen LogP contribution in [0.15, 0.2) is 77.3 Å². The molecule has 1 aromatic carbocycles. The molecule has 0 bridgehead atoms. The fraction of sp³-hybridized carbons (Fsp3) is 0.125. The van der Waals surface area contributed by atoms with Crippen molar-refractivity contribution in [2.75, 3.05) is 4.72 Å². The molecule has 0 aromatic heterocycles. The van der Waals surface area contributed by atoms with Crippen molar-refractivity contribution < 1.29 is 0 Å². The minimum atomic E-state index is 0.365. The molecule has 0 unspecified atom stereocenters. The lowest BCUT2D eigenvalue weighted by molar-refractivity contribution is 1.31. The first-order chi connectivity index (χ1) is 9.81.